The SMILES string of the molecule is CCCc1nc(C2CN(Cc3nnc(OCC)s3)CCO2)n[nH]1. The number of hydrogen-bond acceptors (Lipinski definition) is 8. The molecular formula is C14H22N6O2S. The Morgan fingerprint density at radius 1 is 1.39 bits per heavy atom. The molecule has 1 N–H and O–H groups in total. The van der Waals surface area contributed by atoms with Crippen molar-refractivity contribution in [3.05, 3.63) is 16.7 Å². The lowest BCUT2D eigenvalue weighted by Gasteiger charge is -2.30. The number of H-pyrrole nitrogens is 1. The van der Waals surface area contributed by atoms with E-state index in [9.17, 15) is 0 Å². The fourth-order valence-corrected chi connectivity index (χ4v) is 3.27. The Bertz CT molecular complexity index is 616. The second-order valence-electron chi connectivity index (χ2n) is 5.38. The van der Waals surface area contributed by atoms with Crippen LogP contribution in [0.2, 0.25) is 0 Å². The van der Waals surface area contributed by atoms with Crippen LogP contribution in [0.25, 0.3) is 0 Å². The van der Waals surface area contributed by atoms with Crippen molar-refractivity contribution in [2.24, 2.45) is 0 Å². The van der Waals surface area contributed by atoms with Crippen LogP contribution >= 0.6 is 11.3 Å². The van der Waals surface area contributed by atoms with Crippen molar-refractivity contribution in [1.82, 2.24) is 30.3 Å². The monoisotopic (exact) mass is 338 g/mol. The Labute approximate surface area is 139 Å². The number of ether oxygens (including phenoxy) is 2. The highest BCUT2D eigenvalue weighted by Gasteiger charge is 2.26. The van der Waals surface area contributed by atoms with Crippen LogP contribution in [0, 0.1) is 0 Å². The van der Waals surface area contributed by atoms with E-state index in [1.165, 1.54) is 11.3 Å². The van der Waals surface area contributed by atoms with Gasteiger partial charge in [-0.3, -0.25) is 10.00 Å². The highest BCUT2D eigenvalue weighted by atomic mass is 32.1. The first-order valence-corrected chi connectivity index (χ1v) is 8.80. The molecule has 23 heavy (non-hydrogen) atoms. The average Bonchev–Trinajstić information content (AvgIpc) is 3.18. The minimum absolute atomic E-state index is 0.0927. The van der Waals surface area contributed by atoms with Crippen molar-refractivity contribution in [3.63, 3.8) is 0 Å². The molecule has 1 aliphatic rings. The number of nitrogens with one attached hydrogen (secondary N) is 1. The van der Waals surface area contributed by atoms with E-state index in [2.05, 4.69) is 37.2 Å². The van der Waals surface area contributed by atoms with Gasteiger partial charge in [0, 0.05) is 19.5 Å². The van der Waals surface area contributed by atoms with Crippen LogP contribution in [-0.4, -0.2) is 56.6 Å². The Kier molecular flexibility index (Phi) is 5.52. The summed E-state index contributed by atoms with van der Waals surface area (Å²) in [6.45, 7) is 7.71. The third-order valence-electron chi connectivity index (χ3n) is 3.55. The molecule has 1 aliphatic heterocycles. The predicted octanol–water partition coefficient (Wildman–Crippen LogP) is 1.58. The fraction of sp³-hybridized carbons (Fsp3) is 0.714. The van der Waals surface area contributed by atoms with Gasteiger partial charge >= 0.3 is 0 Å². The number of morpholine rings is 1. The van der Waals surface area contributed by atoms with Gasteiger partial charge in [-0.2, -0.15) is 5.10 Å². The van der Waals surface area contributed by atoms with Gasteiger partial charge in [-0.15, -0.1) is 10.2 Å². The molecule has 2 aromatic rings. The molecule has 8 nitrogen and oxygen atoms in total. The number of aromatic nitrogens is 5. The van der Waals surface area contributed by atoms with Gasteiger partial charge in [-0.25, -0.2) is 4.98 Å². The van der Waals surface area contributed by atoms with Crippen molar-refractivity contribution in [1.29, 1.82) is 0 Å². The van der Waals surface area contributed by atoms with Crippen molar-refractivity contribution in [3.8, 4) is 5.19 Å². The Morgan fingerprint density at radius 3 is 3.13 bits per heavy atom. The van der Waals surface area contributed by atoms with E-state index in [1.807, 2.05) is 6.92 Å². The summed E-state index contributed by atoms with van der Waals surface area (Å²) >= 11 is 1.49. The Hall–Kier alpha value is -1.58. The molecule has 1 saturated heterocycles. The van der Waals surface area contributed by atoms with Gasteiger partial charge in [0.1, 0.15) is 16.9 Å². The molecule has 0 amide bonds. The zero-order valence-corrected chi connectivity index (χ0v) is 14.3. The number of rotatable bonds is 7. The van der Waals surface area contributed by atoms with E-state index in [1.54, 1.807) is 0 Å². The minimum Gasteiger partial charge on any atom is -0.469 e. The smallest absolute Gasteiger partial charge is 0.294 e. The third-order valence-corrected chi connectivity index (χ3v) is 4.37. The lowest BCUT2D eigenvalue weighted by atomic mass is 10.2. The van der Waals surface area contributed by atoms with Crippen molar-refractivity contribution < 1.29 is 9.47 Å². The molecule has 0 radical (unpaired) electrons. The molecule has 1 unspecified atom stereocenters. The maximum atomic E-state index is 5.82. The Balaban J connectivity index is 1.58. The van der Waals surface area contributed by atoms with Crippen molar-refractivity contribution in [2.75, 3.05) is 26.3 Å². The van der Waals surface area contributed by atoms with Crippen LogP contribution in [0.1, 0.15) is 43.0 Å². The van der Waals surface area contributed by atoms with Gasteiger partial charge < -0.3 is 9.47 Å². The van der Waals surface area contributed by atoms with E-state index in [0.29, 0.717) is 18.4 Å². The van der Waals surface area contributed by atoms with E-state index in [4.69, 9.17) is 9.47 Å². The van der Waals surface area contributed by atoms with Crippen LogP contribution in [0.4, 0.5) is 0 Å². The van der Waals surface area contributed by atoms with Crippen LogP contribution in [-0.2, 0) is 17.7 Å². The lowest BCUT2D eigenvalue weighted by Crippen LogP contribution is -2.38. The largest absolute Gasteiger partial charge is 0.469 e. The summed E-state index contributed by atoms with van der Waals surface area (Å²) in [7, 11) is 0. The van der Waals surface area contributed by atoms with E-state index in [-0.39, 0.29) is 6.10 Å². The molecular weight excluding hydrogens is 316 g/mol. The molecule has 0 bridgehead atoms. The fourth-order valence-electron chi connectivity index (χ4n) is 2.48. The summed E-state index contributed by atoms with van der Waals surface area (Å²) < 4.78 is 11.2. The second-order valence-corrected chi connectivity index (χ2v) is 6.40. The second kappa shape index (κ2) is 7.80. The van der Waals surface area contributed by atoms with Crippen LogP contribution in [0.3, 0.4) is 0 Å². The van der Waals surface area contributed by atoms with Crippen molar-refractivity contribution >= 4 is 11.3 Å². The summed E-state index contributed by atoms with van der Waals surface area (Å²) in [6, 6.07) is 0. The number of nitrogens with zero attached hydrogens (tertiary/aromatic N) is 5. The first-order valence-electron chi connectivity index (χ1n) is 7.98. The van der Waals surface area contributed by atoms with Crippen LogP contribution in [0.15, 0.2) is 0 Å². The molecule has 9 heteroatoms. The van der Waals surface area contributed by atoms with Gasteiger partial charge in [0.05, 0.1) is 19.8 Å². The van der Waals surface area contributed by atoms with Crippen molar-refractivity contribution in [2.45, 2.75) is 39.3 Å². The number of aryl methyl sites for hydroxylation is 1. The van der Waals surface area contributed by atoms with Crippen LogP contribution < -0.4 is 4.74 Å². The number of aromatic amines is 1. The molecule has 1 atom stereocenters. The van der Waals surface area contributed by atoms with E-state index >= 15 is 0 Å². The number of hydrogen-bond donors (Lipinski definition) is 1. The average molecular weight is 338 g/mol. The normalized spacial score (nSPS) is 19.1. The Morgan fingerprint density at radius 2 is 2.30 bits per heavy atom. The summed E-state index contributed by atoms with van der Waals surface area (Å²) in [4.78, 5) is 6.82. The van der Waals surface area contributed by atoms with Crippen LogP contribution in [0.5, 0.6) is 5.19 Å². The molecule has 0 spiro atoms. The van der Waals surface area contributed by atoms with E-state index < -0.39 is 0 Å². The highest BCUT2D eigenvalue weighted by molar-refractivity contribution is 7.13. The van der Waals surface area contributed by atoms with Gasteiger partial charge in [-0.1, -0.05) is 18.3 Å². The molecule has 0 saturated carbocycles. The zero-order valence-electron chi connectivity index (χ0n) is 13.5. The standard InChI is InChI=1S/C14H22N6O2S/c1-3-5-11-15-13(18-16-11)10-8-20(6-7-22-10)9-12-17-19-14(23-12)21-4-2/h10H,3-9H2,1-2H3,(H,15,16,18). The molecule has 1 fully saturated rings. The molecule has 3 heterocycles. The topological polar surface area (TPSA) is 89.1 Å². The summed E-state index contributed by atoms with van der Waals surface area (Å²) in [6.07, 6.45) is 1.87. The summed E-state index contributed by atoms with van der Waals surface area (Å²) in [5.41, 5.74) is 0. The maximum Gasteiger partial charge on any atom is 0.294 e. The first-order chi connectivity index (χ1) is 11.3. The molecule has 0 aromatic carbocycles. The molecule has 0 aliphatic carbocycles. The zero-order chi connectivity index (χ0) is 16.1. The molecule has 126 valence electrons. The van der Waals surface area contributed by atoms with Gasteiger partial charge in [0.25, 0.3) is 5.19 Å². The first kappa shape index (κ1) is 16.3. The molecule has 3 rings (SSSR count). The third kappa shape index (κ3) is 4.24. The highest BCUT2D eigenvalue weighted by Crippen LogP contribution is 2.23. The summed E-state index contributed by atoms with van der Waals surface area (Å²) in [5, 5.41) is 17.1. The predicted molar refractivity (Wildman–Crippen MR) is 85.4 cm³/mol. The quantitative estimate of drug-likeness (QED) is 0.820. The minimum atomic E-state index is -0.0927. The lowest BCUT2D eigenvalue weighted by molar-refractivity contribution is -0.0371. The maximum absolute atomic E-state index is 5.82. The summed E-state index contributed by atoms with van der Waals surface area (Å²) in [5.74, 6) is 1.67. The van der Waals surface area contributed by atoms with Gasteiger partial charge in [0.15, 0.2) is 5.82 Å². The van der Waals surface area contributed by atoms with E-state index in [0.717, 1.165) is 49.1 Å². The van der Waals surface area contributed by atoms with Gasteiger partial charge in [-0.05, 0) is 13.3 Å². The van der Waals surface area contributed by atoms with Gasteiger partial charge in [0.2, 0.25) is 0 Å². The molecule has 2 aromatic heterocycles.